The molecule has 0 spiro atoms. The minimum atomic E-state index is -1.05. The summed E-state index contributed by atoms with van der Waals surface area (Å²) >= 11 is 1.39. The van der Waals surface area contributed by atoms with Crippen LogP contribution < -0.4 is 5.73 Å². The average Bonchev–Trinajstić information content (AvgIpc) is 2.47. The van der Waals surface area contributed by atoms with E-state index in [4.69, 9.17) is 5.73 Å². The Hall–Kier alpha value is -1.43. The lowest BCUT2D eigenvalue weighted by Gasteiger charge is -2.26. The monoisotopic (exact) mass is 261 g/mol. The maximum atomic E-state index is 10.6. The van der Waals surface area contributed by atoms with E-state index < -0.39 is 5.60 Å². The summed E-state index contributed by atoms with van der Waals surface area (Å²) in [6.07, 6.45) is 3.36. The molecule has 2 aromatic rings. The summed E-state index contributed by atoms with van der Waals surface area (Å²) in [5, 5.41) is 11.2. The zero-order valence-electron chi connectivity index (χ0n) is 9.86. The molecule has 0 bridgehead atoms. The van der Waals surface area contributed by atoms with Gasteiger partial charge < -0.3 is 10.8 Å². The summed E-state index contributed by atoms with van der Waals surface area (Å²) < 4.78 is 0. The van der Waals surface area contributed by atoms with Crippen molar-refractivity contribution in [2.24, 2.45) is 5.73 Å². The molecule has 0 aliphatic heterocycles. The molecule has 0 fully saturated rings. The van der Waals surface area contributed by atoms with E-state index in [9.17, 15) is 5.11 Å². The van der Waals surface area contributed by atoms with Gasteiger partial charge in [-0.3, -0.25) is 0 Å². The van der Waals surface area contributed by atoms with Crippen LogP contribution in [0.3, 0.4) is 0 Å². The third-order valence-corrected chi connectivity index (χ3v) is 3.72. The Bertz CT molecular complexity index is 480. The molecule has 5 heteroatoms. The molecule has 0 radical (unpaired) electrons. The molecule has 1 aromatic carbocycles. The van der Waals surface area contributed by atoms with Gasteiger partial charge in [0, 0.05) is 24.7 Å². The largest absolute Gasteiger partial charge is 0.383 e. The Morgan fingerprint density at radius 3 is 2.39 bits per heavy atom. The quantitative estimate of drug-likeness (QED) is 0.629. The van der Waals surface area contributed by atoms with Crippen LogP contribution in [-0.4, -0.2) is 27.4 Å². The lowest BCUT2D eigenvalue weighted by atomic mass is 9.96. The molecule has 2 rings (SSSR count). The van der Waals surface area contributed by atoms with E-state index in [-0.39, 0.29) is 6.54 Å². The van der Waals surface area contributed by atoms with Crippen molar-refractivity contribution in [3.63, 3.8) is 0 Å². The van der Waals surface area contributed by atoms with Crippen molar-refractivity contribution >= 4 is 11.8 Å². The molecule has 94 valence electrons. The fraction of sp³-hybridized carbons (Fsp3) is 0.231. The van der Waals surface area contributed by atoms with Crippen LogP contribution in [-0.2, 0) is 5.60 Å². The van der Waals surface area contributed by atoms with E-state index in [2.05, 4.69) is 9.97 Å². The predicted molar refractivity (Wildman–Crippen MR) is 72.1 cm³/mol. The zero-order chi connectivity index (χ0) is 12.8. The van der Waals surface area contributed by atoms with Gasteiger partial charge in [-0.25, -0.2) is 9.97 Å². The van der Waals surface area contributed by atoms with Crippen molar-refractivity contribution < 1.29 is 5.11 Å². The van der Waals surface area contributed by atoms with Gasteiger partial charge in [0.05, 0.1) is 0 Å². The van der Waals surface area contributed by atoms with E-state index in [0.29, 0.717) is 10.9 Å². The lowest BCUT2D eigenvalue weighted by molar-refractivity contribution is 0.0721. The molecule has 3 N–H and O–H groups in total. The first-order valence-electron chi connectivity index (χ1n) is 5.62. The molecule has 0 amide bonds. The molecular formula is C13H15N3OS. The Morgan fingerprint density at radius 1 is 1.11 bits per heavy atom. The number of rotatable bonds is 5. The van der Waals surface area contributed by atoms with Gasteiger partial charge in [0.25, 0.3) is 0 Å². The van der Waals surface area contributed by atoms with Crippen LogP contribution in [0, 0.1) is 0 Å². The summed E-state index contributed by atoms with van der Waals surface area (Å²) in [7, 11) is 0. The SMILES string of the molecule is NCC(O)(CSc1ncccn1)c1ccccc1. The standard InChI is InChI=1S/C13H15N3OS/c14-9-13(17,11-5-2-1-3-6-11)10-18-12-15-7-4-8-16-12/h1-8,17H,9-10,14H2. The molecule has 18 heavy (non-hydrogen) atoms. The van der Waals surface area contributed by atoms with E-state index in [1.165, 1.54) is 11.8 Å². The summed E-state index contributed by atoms with van der Waals surface area (Å²) in [5.74, 6) is 0.428. The van der Waals surface area contributed by atoms with Gasteiger partial charge in [-0.2, -0.15) is 0 Å². The highest BCUT2D eigenvalue weighted by Crippen LogP contribution is 2.27. The number of aromatic nitrogens is 2. The Morgan fingerprint density at radius 2 is 1.78 bits per heavy atom. The number of hydrogen-bond acceptors (Lipinski definition) is 5. The van der Waals surface area contributed by atoms with Crippen LogP contribution in [0.4, 0.5) is 0 Å². The van der Waals surface area contributed by atoms with E-state index in [0.717, 1.165) is 5.56 Å². The molecule has 1 aromatic heterocycles. The van der Waals surface area contributed by atoms with Crippen LogP contribution in [0.5, 0.6) is 0 Å². The Kier molecular flexibility index (Phi) is 4.30. The van der Waals surface area contributed by atoms with Crippen LogP contribution in [0.2, 0.25) is 0 Å². The van der Waals surface area contributed by atoms with Crippen molar-refractivity contribution in [2.75, 3.05) is 12.3 Å². The Labute approximate surface area is 110 Å². The van der Waals surface area contributed by atoms with Crippen molar-refractivity contribution in [1.82, 2.24) is 9.97 Å². The average molecular weight is 261 g/mol. The zero-order valence-corrected chi connectivity index (χ0v) is 10.7. The van der Waals surface area contributed by atoms with Gasteiger partial charge >= 0.3 is 0 Å². The van der Waals surface area contributed by atoms with Gasteiger partial charge in [0.2, 0.25) is 0 Å². The minimum absolute atomic E-state index is 0.164. The fourth-order valence-corrected chi connectivity index (χ4v) is 2.48. The molecular weight excluding hydrogens is 246 g/mol. The molecule has 1 heterocycles. The number of thioether (sulfide) groups is 1. The maximum absolute atomic E-state index is 10.6. The normalized spacial score (nSPS) is 14.1. The first-order chi connectivity index (χ1) is 8.74. The highest BCUT2D eigenvalue weighted by molar-refractivity contribution is 7.99. The third-order valence-electron chi connectivity index (χ3n) is 2.63. The molecule has 0 saturated carbocycles. The van der Waals surface area contributed by atoms with Gasteiger partial charge in [0.1, 0.15) is 5.60 Å². The van der Waals surface area contributed by atoms with Gasteiger partial charge in [-0.1, -0.05) is 42.1 Å². The second-order valence-electron chi connectivity index (χ2n) is 3.92. The Balaban J connectivity index is 2.10. The molecule has 4 nitrogen and oxygen atoms in total. The highest BCUT2D eigenvalue weighted by Gasteiger charge is 2.27. The summed E-state index contributed by atoms with van der Waals surface area (Å²) in [6, 6.07) is 11.2. The molecule has 0 aliphatic carbocycles. The van der Waals surface area contributed by atoms with E-state index in [1.807, 2.05) is 30.3 Å². The predicted octanol–water partition coefficient (Wildman–Crippen LogP) is 1.42. The number of nitrogens with two attached hydrogens (primary N) is 1. The summed E-state index contributed by atoms with van der Waals surface area (Å²) in [4.78, 5) is 8.22. The number of nitrogens with zero attached hydrogens (tertiary/aromatic N) is 2. The third kappa shape index (κ3) is 3.07. The number of hydrogen-bond donors (Lipinski definition) is 2. The minimum Gasteiger partial charge on any atom is -0.383 e. The smallest absolute Gasteiger partial charge is 0.187 e. The van der Waals surface area contributed by atoms with Gasteiger partial charge in [-0.15, -0.1) is 0 Å². The molecule has 0 aliphatic rings. The number of aliphatic hydroxyl groups is 1. The van der Waals surface area contributed by atoms with E-state index >= 15 is 0 Å². The second-order valence-corrected chi connectivity index (χ2v) is 4.86. The molecule has 1 atom stereocenters. The molecule has 1 unspecified atom stereocenters. The summed E-state index contributed by atoms with van der Waals surface area (Å²) in [6.45, 7) is 0.164. The van der Waals surface area contributed by atoms with Crippen molar-refractivity contribution in [3.8, 4) is 0 Å². The fourth-order valence-electron chi connectivity index (χ4n) is 1.55. The van der Waals surface area contributed by atoms with Crippen LogP contribution in [0.15, 0.2) is 53.9 Å². The highest BCUT2D eigenvalue weighted by atomic mass is 32.2. The van der Waals surface area contributed by atoms with Crippen LogP contribution in [0.1, 0.15) is 5.56 Å². The van der Waals surface area contributed by atoms with Crippen LogP contribution in [0.25, 0.3) is 0 Å². The van der Waals surface area contributed by atoms with Gasteiger partial charge in [-0.05, 0) is 11.6 Å². The summed E-state index contributed by atoms with van der Waals surface area (Å²) in [5.41, 5.74) is 5.46. The lowest BCUT2D eigenvalue weighted by Crippen LogP contribution is -2.37. The van der Waals surface area contributed by atoms with Crippen molar-refractivity contribution in [2.45, 2.75) is 10.8 Å². The van der Waals surface area contributed by atoms with Crippen molar-refractivity contribution in [1.29, 1.82) is 0 Å². The topological polar surface area (TPSA) is 72.0 Å². The maximum Gasteiger partial charge on any atom is 0.187 e. The van der Waals surface area contributed by atoms with Gasteiger partial charge in [0.15, 0.2) is 5.16 Å². The van der Waals surface area contributed by atoms with Crippen LogP contribution >= 0.6 is 11.8 Å². The van der Waals surface area contributed by atoms with E-state index in [1.54, 1.807) is 18.5 Å². The second kappa shape index (κ2) is 5.95. The molecule has 0 saturated heterocycles. The first kappa shape index (κ1) is 13.0. The number of benzene rings is 1. The first-order valence-corrected chi connectivity index (χ1v) is 6.61. The van der Waals surface area contributed by atoms with Crippen molar-refractivity contribution in [3.05, 3.63) is 54.4 Å².